The smallest absolute Gasteiger partial charge is 0.215 e. The van der Waals surface area contributed by atoms with Crippen LogP contribution in [0.1, 0.15) is 26.3 Å². The van der Waals surface area contributed by atoms with E-state index in [1.54, 1.807) is 0 Å². The monoisotopic (exact) mass is 413 g/mol. The Morgan fingerprint density at radius 1 is 1.11 bits per heavy atom. The van der Waals surface area contributed by atoms with Crippen LogP contribution in [0.4, 0.5) is 0 Å². The molecule has 1 aromatic carbocycles. The van der Waals surface area contributed by atoms with Gasteiger partial charge < -0.3 is 9.84 Å². The molecule has 7 nitrogen and oxygen atoms in total. The van der Waals surface area contributed by atoms with E-state index in [9.17, 15) is 13.5 Å². The molecule has 0 bridgehead atoms. The third-order valence-corrected chi connectivity index (χ3v) is 5.95. The molecule has 28 heavy (non-hydrogen) atoms. The Balaban J connectivity index is 1.62. The van der Waals surface area contributed by atoms with Gasteiger partial charge in [0.25, 0.3) is 0 Å². The van der Waals surface area contributed by atoms with Crippen LogP contribution in [0.15, 0.2) is 30.3 Å². The molecular weight excluding hydrogens is 378 g/mol. The number of aliphatic hydroxyl groups excluding tert-OH is 1. The first-order chi connectivity index (χ1) is 13.1. The molecule has 1 fully saturated rings. The van der Waals surface area contributed by atoms with Gasteiger partial charge in [-0.15, -0.1) is 0 Å². The fourth-order valence-electron chi connectivity index (χ4n) is 3.10. The fraction of sp³-hybridized carbons (Fsp3) is 0.700. The van der Waals surface area contributed by atoms with Crippen molar-refractivity contribution in [3.63, 3.8) is 0 Å². The summed E-state index contributed by atoms with van der Waals surface area (Å²) in [6.07, 6.45) is -0.490. The molecule has 1 aliphatic rings. The van der Waals surface area contributed by atoms with Crippen LogP contribution in [0.3, 0.4) is 0 Å². The van der Waals surface area contributed by atoms with Gasteiger partial charge in [0.1, 0.15) is 0 Å². The molecule has 2 rings (SSSR count). The molecule has 0 radical (unpaired) electrons. The highest BCUT2D eigenvalue weighted by Gasteiger charge is 2.21. The van der Waals surface area contributed by atoms with Gasteiger partial charge in [0.15, 0.2) is 0 Å². The zero-order chi connectivity index (χ0) is 20.6. The molecule has 1 atom stereocenters. The molecular formula is C20H35N3O4S. The van der Waals surface area contributed by atoms with Crippen LogP contribution in [0.5, 0.6) is 0 Å². The van der Waals surface area contributed by atoms with E-state index < -0.39 is 16.1 Å². The standard InChI is InChI=1S/C20H35N3O4S/c1-20(2,3)27-16-19(24)15-23-13-11-22(12-14-23)10-9-21-28(25,26)17-18-7-5-4-6-8-18/h4-8,19,21,24H,9-17H2,1-3H3/t19-/m1/s1. The summed E-state index contributed by atoms with van der Waals surface area (Å²) in [5, 5.41) is 10.1. The predicted octanol–water partition coefficient (Wildman–Crippen LogP) is 0.900. The lowest BCUT2D eigenvalue weighted by atomic mass is 10.2. The number of β-amino-alcohol motifs (C(OH)–C–C–N with tert-alkyl or cyclic N) is 1. The number of nitrogens with zero attached hydrogens (tertiary/aromatic N) is 2. The van der Waals surface area contributed by atoms with E-state index in [0.717, 1.165) is 31.7 Å². The maximum absolute atomic E-state index is 12.2. The zero-order valence-electron chi connectivity index (χ0n) is 17.3. The number of aliphatic hydroxyl groups is 1. The number of benzene rings is 1. The highest BCUT2D eigenvalue weighted by atomic mass is 32.2. The Morgan fingerprint density at radius 3 is 2.32 bits per heavy atom. The van der Waals surface area contributed by atoms with Gasteiger partial charge in [-0.05, 0) is 26.3 Å². The summed E-state index contributed by atoms with van der Waals surface area (Å²) < 4.78 is 32.7. The lowest BCUT2D eigenvalue weighted by Crippen LogP contribution is -2.50. The van der Waals surface area contributed by atoms with E-state index in [0.29, 0.717) is 26.2 Å². The van der Waals surface area contributed by atoms with Crippen LogP contribution in [-0.2, 0) is 20.5 Å². The molecule has 0 aromatic heterocycles. The van der Waals surface area contributed by atoms with E-state index >= 15 is 0 Å². The third-order valence-electron chi connectivity index (χ3n) is 4.59. The minimum Gasteiger partial charge on any atom is -0.389 e. The van der Waals surface area contributed by atoms with Gasteiger partial charge in [-0.25, -0.2) is 13.1 Å². The van der Waals surface area contributed by atoms with Crippen molar-refractivity contribution >= 4 is 10.0 Å². The van der Waals surface area contributed by atoms with E-state index in [2.05, 4.69) is 14.5 Å². The van der Waals surface area contributed by atoms with E-state index in [1.807, 2.05) is 51.1 Å². The van der Waals surface area contributed by atoms with E-state index in [4.69, 9.17) is 4.74 Å². The first kappa shape index (κ1) is 23.3. The summed E-state index contributed by atoms with van der Waals surface area (Å²) >= 11 is 0. The highest BCUT2D eigenvalue weighted by molar-refractivity contribution is 7.88. The number of rotatable bonds is 10. The highest BCUT2D eigenvalue weighted by Crippen LogP contribution is 2.09. The molecule has 0 aliphatic carbocycles. The Bertz CT molecular complexity index is 668. The molecule has 160 valence electrons. The lowest BCUT2D eigenvalue weighted by Gasteiger charge is -2.35. The first-order valence-electron chi connectivity index (χ1n) is 9.91. The maximum Gasteiger partial charge on any atom is 0.215 e. The minimum atomic E-state index is -3.31. The van der Waals surface area contributed by atoms with Crippen molar-refractivity contribution in [1.82, 2.24) is 14.5 Å². The summed E-state index contributed by atoms with van der Waals surface area (Å²) in [7, 11) is -3.31. The van der Waals surface area contributed by atoms with Crippen molar-refractivity contribution in [3.8, 4) is 0 Å². The topological polar surface area (TPSA) is 82.1 Å². The molecule has 2 N–H and O–H groups in total. The van der Waals surface area contributed by atoms with E-state index in [-0.39, 0.29) is 11.4 Å². The zero-order valence-corrected chi connectivity index (χ0v) is 18.1. The summed E-state index contributed by atoms with van der Waals surface area (Å²) in [5.74, 6) is 0.0101. The van der Waals surface area contributed by atoms with Crippen molar-refractivity contribution in [2.24, 2.45) is 0 Å². The number of nitrogens with one attached hydrogen (secondary N) is 1. The van der Waals surface area contributed by atoms with Crippen molar-refractivity contribution in [2.75, 3.05) is 52.4 Å². The van der Waals surface area contributed by atoms with Gasteiger partial charge in [0.05, 0.1) is 24.1 Å². The molecule has 1 saturated heterocycles. The van der Waals surface area contributed by atoms with Crippen molar-refractivity contribution in [2.45, 2.75) is 38.2 Å². The third kappa shape index (κ3) is 9.45. The van der Waals surface area contributed by atoms with E-state index in [1.165, 1.54) is 0 Å². The molecule has 0 saturated carbocycles. The average Bonchev–Trinajstić information content (AvgIpc) is 2.61. The molecule has 8 heteroatoms. The van der Waals surface area contributed by atoms with Gasteiger partial charge >= 0.3 is 0 Å². The Labute approximate surface area is 169 Å². The SMILES string of the molecule is CC(C)(C)OC[C@H](O)CN1CCN(CCNS(=O)(=O)Cc2ccccc2)CC1. The first-order valence-corrected chi connectivity index (χ1v) is 11.6. The second kappa shape index (κ2) is 10.7. The Morgan fingerprint density at radius 2 is 1.71 bits per heavy atom. The quantitative estimate of drug-likeness (QED) is 0.593. The van der Waals surface area contributed by atoms with Gasteiger partial charge in [0.2, 0.25) is 10.0 Å². The fourth-order valence-corrected chi connectivity index (χ4v) is 4.23. The molecule has 1 aromatic rings. The molecule has 0 unspecified atom stereocenters. The largest absolute Gasteiger partial charge is 0.389 e. The van der Waals surface area contributed by atoms with Gasteiger partial charge in [0, 0.05) is 45.8 Å². The number of hydrogen-bond donors (Lipinski definition) is 2. The molecule has 0 spiro atoms. The summed E-state index contributed by atoms with van der Waals surface area (Å²) in [4.78, 5) is 4.48. The Hall–Kier alpha value is -1.03. The summed E-state index contributed by atoms with van der Waals surface area (Å²) in [5.41, 5.74) is 0.547. The second-order valence-corrected chi connectivity index (χ2v) is 10.2. The molecule has 1 heterocycles. The lowest BCUT2D eigenvalue weighted by molar-refractivity contribution is -0.0585. The number of hydrogen-bond acceptors (Lipinski definition) is 6. The van der Waals surface area contributed by atoms with Crippen LogP contribution >= 0.6 is 0 Å². The van der Waals surface area contributed by atoms with Crippen LogP contribution in [0.2, 0.25) is 0 Å². The summed E-state index contributed by atoms with van der Waals surface area (Å²) in [6.45, 7) is 11.5. The van der Waals surface area contributed by atoms with Crippen LogP contribution < -0.4 is 4.72 Å². The van der Waals surface area contributed by atoms with Crippen LogP contribution in [-0.4, -0.2) is 87.4 Å². The van der Waals surface area contributed by atoms with Crippen molar-refractivity contribution in [3.05, 3.63) is 35.9 Å². The maximum atomic E-state index is 12.2. The molecule has 0 amide bonds. The minimum absolute atomic E-state index is 0.0101. The van der Waals surface area contributed by atoms with Crippen molar-refractivity contribution in [1.29, 1.82) is 0 Å². The number of ether oxygens (including phenoxy) is 1. The van der Waals surface area contributed by atoms with Gasteiger partial charge in [-0.2, -0.15) is 0 Å². The van der Waals surface area contributed by atoms with Crippen LogP contribution in [0.25, 0.3) is 0 Å². The second-order valence-electron chi connectivity index (χ2n) is 8.36. The molecule has 1 aliphatic heterocycles. The van der Waals surface area contributed by atoms with Crippen molar-refractivity contribution < 1.29 is 18.3 Å². The average molecular weight is 414 g/mol. The number of sulfonamides is 1. The van der Waals surface area contributed by atoms with Gasteiger partial charge in [-0.1, -0.05) is 30.3 Å². The van der Waals surface area contributed by atoms with Gasteiger partial charge in [-0.3, -0.25) is 9.80 Å². The van der Waals surface area contributed by atoms with Crippen LogP contribution in [0, 0.1) is 0 Å². The Kier molecular flexibility index (Phi) is 8.85. The predicted molar refractivity (Wildman–Crippen MR) is 112 cm³/mol. The number of piperazine rings is 1. The summed E-state index contributed by atoms with van der Waals surface area (Å²) in [6, 6.07) is 9.20. The normalized spacial score (nSPS) is 18.3.